The number of carbonyl (C=O) groups is 1. The highest BCUT2D eigenvalue weighted by Gasteiger charge is 2.18. The molecule has 0 aliphatic carbocycles. The Labute approximate surface area is 146 Å². The van der Waals surface area contributed by atoms with Crippen molar-refractivity contribution in [1.29, 1.82) is 0 Å². The van der Waals surface area contributed by atoms with Crippen LogP contribution in [0.25, 0.3) is 0 Å². The fourth-order valence-electron chi connectivity index (χ4n) is 2.67. The van der Waals surface area contributed by atoms with Crippen molar-refractivity contribution in [2.24, 2.45) is 10.9 Å². The van der Waals surface area contributed by atoms with E-state index >= 15 is 0 Å². The Kier molecular flexibility index (Phi) is 5.46. The van der Waals surface area contributed by atoms with Crippen LogP contribution in [0.4, 0.5) is 4.79 Å². The number of aromatic nitrogens is 1. The molecule has 1 saturated heterocycles. The molecule has 3 rings (SSSR count). The lowest BCUT2D eigenvalue weighted by Gasteiger charge is -2.19. The van der Waals surface area contributed by atoms with Crippen molar-refractivity contribution < 1.29 is 14.4 Å². The third-order valence-electron chi connectivity index (χ3n) is 3.79. The van der Waals surface area contributed by atoms with E-state index in [4.69, 9.17) is 15.3 Å². The third kappa shape index (κ3) is 4.69. The average Bonchev–Trinajstić information content (AvgIpc) is 3.13. The highest BCUT2D eigenvalue weighted by molar-refractivity contribution is 5.98. The Morgan fingerprint density at radius 3 is 2.60 bits per heavy atom. The normalized spacial score (nSPS) is 14.4. The van der Waals surface area contributed by atoms with Crippen LogP contribution < -0.4 is 10.5 Å². The largest absolute Gasteiger partial charge is 0.411 e. The van der Waals surface area contributed by atoms with Crippen LogP contribution in [0.15, 0.2) is 53.7 Å². The minimum absolute atomic E-state index is 0.139. The summed E-state index contributed by atoms with van der Waals surface area (Å²) in [7, 11) is 0. The molecule has 1 aliphatic rings. The highest BCUT2D eigenvalue weighted by Crippen LogP contribution is 2.15. The van der Waals surface area contributed by atoms with E-state index in [-0.39, 0.29) is 12.5 Å². The second-order valence-electron chi connectivity index (χ2n) is 5.64. The number of rotatable bonds is 5. The first-order valence-electron chi connectivity index (χ1n) is 8.16. The lowest BCUT2D eigenvalue weighted by atomic mass is 10.2. The van der Waals surface area contributed by atoms with Gasteiger partial charge in [0.2, 0.25) is 5.88 Å². The number of hydrogen-bond donors (Lipinski definition) is 1. The van der Waals surface area contributed by atoms with E-state index in [0.717, 1.165) is 37.3 Å². The number of hydrogen-bond acceptors (Lipinski definition) is 5. The smallest absolute Gasteiger partial charge is 0.391 e. The van der Waals surface area contributed by atoms with Crippen LogP contribution >= 0.6 is 0 Å². The molecule has 0 bridgehead atoms. The first kappa shape index (κ1) is 16.8. The molecule has 0 atom stereocenters. The van der Waals surface area contributed by atoms with Gasteiger partial charge in [0.05, 0.1) is 5.69 Å². The Hall–Kier alpha value is -3.09. The van der Waals surface area contributed by atoms with Crippen molar-refractivity contribution in [2.75, 3.05) is 13.1 Å². The number of ether oxygens (including phenoxy) is 1. The summed E-state index contributed by atoms with van der Waals surface area (Å²) in [5.41, 5.74) is 6.60. The van der Waals surface area contributed by atoms with Crippen LogP contribution in [0.2, 0.25) is 0 Å². The Bertz CT molecular complexity index is 743. The molecular weight excluding hydrogens is 320 g/mol. The van der Waals surface area contributed by atoms with Crippen molar-refractivity contribution in [3.63, 3.8) is 0 Å². The lowest BCUT2D eigenvalue weighted by molar-refractivity contribution is 0.123. The molecule has 7 nitrogen and oxygen atoms in total. The lowest BCUT2D eigenvalue weighted by Crippen LogP contribution is -2.28. The summed E-state index contributed by atoms with van der Waals surface area (Å²) in [5, 5.41) is 4.33. The molecule has 0 spiro atoms. The maximum absolute atomic E-state index is 10.8. The molecule has 2 aromatic rings. The molecule has 2 N–H and O–H groups in total. The standard InChI is InChI=1S/C18H20N4O3/c19-18(23)25-16-10-6-9-15(20-16)13-24-21-17(22-11-4-5-12-22)14-7-2-1-3-8-14/h1-3,6-10H,4-5,11-13H2,(H2,19,23)/b21-17-. The number of amides is 1. The number of amidine groups is 1. The van der Waals surface area contributed by atoms with E-state index in [0.29, 0.717) is 5.69 Å². The predicted molar refractivity (Wildman–Crippen MR) is 93.0 cm³/mol. The summed E-state index contributed by atoms with van der Waals surface area (Å²) < 4.78 is 4.76. The average molecular weight is 340 g/mol. The van der Waals surface area contributed by atoms with Crippen molar-refractivity contribution in [3.05, 3.63) is 59.8 Å². The molecule has 0 radical (unpaired) electrons. The maximum atomic E-state index is 10.8. The van der Waals surface area contributed by atoms with E-state index in [2.05, 4.69) is 15.0 Å². The number of pyridine rings is 1. The second kappa shape index (κ2) is 8.14. The van der Waals surface area contributed by atoms with Crippen LogP contribution in [0, 0.1) is 0 Å². The summed E-state index contributed by atoms with van der Waals surface area (Å²) in [6.45, 7) is 2.11. The summed E-state index contributed by atoms with van der Waals surface area (Å²) in [4.78, 5) is 22.7. The first-order chi connectivity index (χ1) is 12.2. The molecule has 1 fully saturated rings. The quantitative estimate of drug-likeness (QED) is 0.513. The number of carbonyl (C=O) groups excluding carboxylic acids is 1. The Balaban J connectivity index is 1.70. The number of likely N-dealkylation sites (tertiary alicyclic amines) is 1. The van der Waals surface area contributed by atoms with E-state index in [1.807, 2.05) is 30.3 Å². The zero-order valence-electron chi connectivity index (χ0n) is 13.8. The molecule has 130 valence electrons. The van der Waals surface area contributed by atoms with Crippen LogP contribution in [0.5, 0.6) is 5.88 Å². The van der Waals surface area contributed by atoms with Gasteiger partial charge in [0.25, 0.3) is 0 Å². The molecule has 1 aromatic heterocycles. The van der Waals surface area contributed by atoms with Gasteiger partial charge in [-0.25, -0.2) is 9.78 Å². The van der Waals surface area contributed by atoms with Gasteiger partial charge in [0, 0.05) is 24.7 Å². The maximum Gasteiger partial charge on any atom is 0.411 e. The predicted octanol–water partition coefficient (Wildman–Crippen LogP) is 2.51. The summed E-state index contributed by atoms with van der Waals surface area (Å²) >= 11 is 0. The van der Waals surface area contributed by atoms with Crippen LogP contribution in [-0.2, 0) is 11.4 Å². The van der Waals surface area contributed by atoms with Crippen molar-refractivity contribution in [1.82, 2.24) is 9.88 Å². The monoisotopic (exact) mass is 340 g/mol. The van der Waals surface area contributed by atoms with Crippen molar-refractivity contribution in [3.8, 4) is 5.88 Å². The Morgan fingerprint density at radius 1 is 1.12 bits per heavy atom. The number of benzene rings is 1. The minimum Gasteiger partial charge on any atom is -0.391 e. The van der Waals surface area contributed by atoms with E-state index in [1.54, 1.807) is 18.2 Å². The molecule has 0 unspecified atom stereocenters. The molecule has 1 aromatic carbocycles. The molecule has 2 heterocycles. The van der Waals surface area contributed by atoms with Gasteiger partial charge in [0.1, 0.15) is 0 Å². The van der Waals surface area contributed by atoms with Gasteiger partial charge in [0.15, 0.2) is 12.4 Å². The summed E-state index contributed by atoms with van der Waals surface area (Å²) in [6, 6.07) is 15.0. The SMILES string of the molecule is NC(=O)Oc1cccc(CO/N=C(/c2ccccc2)N2CCCC2)n1. The minimum atomic E-state index is -0.899. The van der Waals surface area contributed by atoms with Gasteiger partial charge in [-0.3, -0.25) is 0 Å². The first-order valence-corrected chi connectivity index (χ1v) is 8.16. The summed E-state index contributed by atoms with van der Waals surface area (Å²) in [5.74, 6) is 0.961. The molecule has 7 heteroatoms. The fourth-order valence-corrected chi connectivity index (χ4v) is 2.67. The summed E-state index contributed by atoms with van der Waals surface area (Å²) in [6.07, 6.45) is 1.41. The van der Waals surface area contributed by atoms with Gasteiger partial charge >= 0.3 is 6.09 Å². The molecule has 25 heavy (non-hydrogen) atoms. The van der Waals surface area contributed by atoms with Gasteiger partial charge in [-0.1, -0.05) is 41.6 Å². The molecule has 1 aliphatic heterocycles. The number of primary amides is 1. The van der Waals surface area contributed by atoms with Crippen molar-refractivity contribution >= 4 is 11.9 Å². The fraction of sp³-hybridized carbons (Fsp3) is 0.278. The van der Waals surface area contributed by atoms with E-state index < -0.39 is 6.09 Å². The zero-order chi connectivity index (χ0) is 17.5. The third-order valence-corrected chi connectivity index (χ3v) is 3.79. The number of nitrogens with two attached hydrogens (primary N) is 1. The molecule has 0 saturated carbocycles. The van der Waals surface area contributed by atoms with Gasteiger partial charge in [-0.2, -0.15) is 0 Å². The highest BCUT2D eigenvalue weighted by atomic mass is 16.6. The van der Waals surface area contributed by atoms with E-state index in [1.165, 1.54) is 0 Å². The van der Waals surface area contributed by atoms with Crippen LogP contribution in [-0.4, -0.2) is 34.9 Å². The molecular formula is C18H20N4O3. The van der Waals surface area contributed by atoms with Gasteiger partial charge in [-0.05, 0) is 18.9 Å². The van der Waals surface area contributed by atoms with Gasteiger partial charge in [-0.15, -0.1) is 0 Å². The topological polar surface area (TPSA) is 90.0 Å². The number of nitrogens with zero attached hydrogens (tertiary/aromatic N) is 3. The number of oxime groups is 1. The molecule has 1 amide bonds. The van der Waals surface area contributed by atoms with Crippen LogP contribution in [0.3, 0.4) is 0 Å². The Morgan fingerprint density at radius 2 is 1.88 bits per heavy atom. The van der Waals surface area contributed by atoms with Crippen LogP contribution in [0.1, 0.15) is 24.1 Å². The zero-order valence-corrected chi connectivity index (χ0v) is 13.8. The second-order valence-corrected chi connectivity index (χ2v) is 5.64. The van der Waals surface area contributed by atoms with Crippen molar-refractivity contribution in [2.45, 2.75) is 19.4 Å². The van der Waals surface area contributed by atoms with E-state index in [9.17, 15) is 4.79 Å². The van der Waals surface area contributed by atoms with Gasteiger partial charge < -0.3 is 20.2 Å².